The van der Waals surface area contributed by atoms with Crippen LogP contribution in [0.5, 0.6) is 0 Å². The van der Waals surface area contributed by atoms with E-state index < -0.39 is 0 Å². The molecule has 0 unspecified atom stereocenters. The largest absolute Gasteiger partial charge is 0.320 e. The molecular weight excluding hydrogens is 198 g/mol. The first kappa shape index (κ1) is 13.7. The van der Waals surface area contributed by atoms with E-state index in [0.29, 0.717) is 0 Å². The molecule has 0 aromatic rings. The predicted octanol–water partition coefficient (Wildman–Crippen LogP) is 1.23. The molecule has 0 aromatic heterocycles. The van der Waals surface area contributed by atoms with Crippen molar-refractivity contribution < 1.29 is 0 Å². The Morgan fingerprint density at radius 3 is 2.75 bits per heavy atom. The first-order valence-electron chi connectivity index (χ1n) is 6.56. The van der Waals surface area contributed by atoms with Crippen LogP contribution in [-0.4, -0.2) is 51.7 Å². The van der Waals surface area contributed by atoms with E-state index in [9.17, 15) is 0 Å². The van der Waals surface area contributed by atoms with Gasteiger partial charge < -0.3 is 15.5 Å². The van der Waals surface area contributed by atoms with E-state index >= 15 is 0 Å². The molecule has 94 valence electrons. The van der Waals surface area contributed by atoms with Gasteiger partial charge in [-0.05, 0) is 46.3 Å². The van der Waals surface area contributed by atoms with Crippen LogP contribution in [0.15, 0.2) is 11.6 Å². The van der Waals surface area contributed by atoms with Crippen LogP contribution >= 0.6 is 0 Å². The summed E-state index contributed by atoms with van der Waals surface area (Å²) in [7, 11) is 4.06. The van der Waals surface area contributed by atoms with E-state index in [1.54, 1.807) is 5.57 Å². The number of hydrogen-bond donors (Lipinski definition) is 2. The molecule has 0 saturated heterocycles. The van der Waals surface area contributed by atoms with Crippen LogP contribution in [0.25, 0.3) is 0 Å². The molecule has 1 aliphatic rings. The minimum Gasteiger partial charge on any atom is -0.320 e. The molecule has 0 atom stereocenters. The second kappa shape index (κ2) is 8.74. The minimum absolute atomic E-state index is 1.11. The van der Waals surface area contributed by atoms with Crippen LogP contribution < -0.4 is 10.6 Å². The van der Waals surface area contributed by atoms with Crippen LogP contribution in [0, 0.1) is 0 Å². The van der Waals surface area contributed by atoms with Crippen molar-refractivity contribution in [1.82, 2.24) is 15.5 Å². The van der Waals surface area contributed by atoms with Gasteiger partial charge in [-0.1, -0.05) is 11.6 Å². The molecule has 2 N–H and O–H groups in total. The van der Waals surface area contributed by atoms with Gasteiger partial charge in [-0.2, -0.15) is 0 Å². The lowest BCUT2D eigenvalue weighted by molar-refractivity contribution is 0.289. The van der Waals surface area contributed by atoms with Gasteiger partial charge in [0.05, 0.1) is 0 Å². The molecule has 0 spiro atoms. The van der Waals surface area contributed by atoms with Gasteiger partial charge in [0.25, 0.3) is 0 Å². The number of hydrogen-bond acceptors (Lipinski definition) is 3. The molecule has 0 amide bonds. The number of nitrogens with one attached hydrogen (secondary N) is 2. The molecular formula is C13H27N3. The van der Waals surface area contributed by atoms with Gasteiger partial charge in [-0.3, -0.25) is 0 Å². The van der Waals surface area contributed by atoms with Crippen molar-refractivity contribution in [2.75, 3.05) is 46.8 Å². The van der Waals surface area contributed by atoms with E-state index in [1.165, 1.54) is 45.3 Å². The molecule has 1 rings (SSSR count). The number of likely N-dealkylation sites (N-methyl/N-ethyl adjacent to an activating group) is 1. The SMILES string of the molecule is CNCCCC1=CCCN(CCNC)CC1. The third kappa shape index (κ3) is 5.64. The van der Waals surface area contributed by atoms with Crippen molar-refractivity contribution in [2.45, 2.75) is 25.7 Å². The average molecular weight is 225 g/mol. The summed E-state index contributed by atoms with van der Waals surface area (Å²) in [6.07, 6.45) is 7.53. The third-order valence-electron chi connectivity index (χ3n) is 3.23. The number of rotatable bonds is 7. The molecule has 0 fully saturated rings. The summed E-state index contributed by atoms with van der Waals surface area (Å²) in [4.78, 5) is 2.57. The second-order valence-corrected chi connectivity index (χ2v) is 4.55. The molecule has 0 radical (unpaired) electrons. The van der Waals surface area contributed by atoms with Gasteiger partial charge in [-0.15, -0.1) is 0 Å². The smallest absolute Gasteiger partial charge is 0.0107 e. The van der Waals surface area contributed by atoms with Crippen molar-refractivity contribution in [3.63, 3.8) is 0 Å². The van der Waals surface area contributed by atoms with E-state index in [2.05, 4.69) is 21.6 Å². The van der Waals surface area contributed by atoms with E-state index in [0.717, 1.165) is 13.1 Å². The standard InChI is InChI=1S/C13H27N3/c1-14-8-3-5-13-6-4-10-16(11-7-13)12-9-15-2/h6,14-15H,3-5,7-12H2,1-2H3. The van der Waals surface area contributed by atoms with Crippen LogP contribution in [0.2, 0.25) is 0 Å². The Balaban J connectivity index is 2.18. The van der Waals surface area contributed by atoms with Crippen LogP contribution in [0.4, 0.5) is 0 Å². The lowest BCUT2D eigenvalue weighted by Crippen LogP contribution is -2.31. The summed E-state index contributed by atoms with van der Waals surface area (Å²) in [6, 6.07) is 0. The zero-order valence-corrected chi connectivity index (χ0v) is 10.9. The van der Waals surface area contributed by atoms with Crippen molar-refractivity contribution in [3.05, 3.63) is 11.6 Å². The molecule has 16 heavy (non-hydrogen) atoms. The van der Waals surface area contributed by atoms with Crippen molar-refractivity contribution in [2.24, 2.45) is 0 Å². The summed E-state index contributed by atoms with van der Waals surface area (Å²) in [6.45, 7) is 5.91. The van der Waals surface area contributed by atoms with Gasteiger partial charge >= 0.3 is 0 Å². The zero-order chi connectivity index (χ0) is 11.6. The summed E-state index contributed by atoms with van der Waals surface area (Å²) >= 11 is 0. The van der Waals surface area contributed by atoms with Gasteiger partial charge in [0, 0.05) is 26.2 Å². The molecule has 0 bridgehead atoms. The normalized spacial score (nSPS) is 18.2. The van der Waals surface area contributed by atoms with Crippen LogP contribution in [0.3, 0.4) is 0 Å². The van der Waals surface area contributed by atoms with Gasteiger partial charge in [-0.25, -0.2) is 0 Å². The van der Waals surface area contributed by atoms with Crippen LogP contribution in [0.1, 0.15) is 25.7 Å². The third-order valence-corrected chi connectivity index (χ3v) is 3.23. The fraction of sp³-hybridized carbons (Fsp3) is 0.846. The highest BCUT2D eigenvalue weighted by Gasteiger charge is 2.09. The lowest BCUT2D eigenvalue weighted by Gasteiger charge is -2.19. The summed E-state index contributed by atoms with van der Waals surface area (Å²) < 4.78 is 0. The first-order chi connectivity index (χ1) is 7.86. The maximum atomic E-state index is 3.22. The van der Waals surface area contributed by atoms with Crippen molar-refractivity contribution in [1.29, 1.82) is 0 Å². The minimum atomic E-state index is 1.11. The molecule has 0 saturated carbocycles. The predicted molar refractivity (Wildman–Crippen MR) is 70.8 cm³/mol. The highest BCUT2D eigenvalue weighted by Crippen LogP contribution is 2.15. The molecule has 3 nitrogen and oxygen atoms in total. The van der Waals surface area contributed by atoms with Gasteiger partial charge in [0.15, 0.2) is 0 Å². The summed E-state index contributed by atoms with van der Waals surface area (Å²) in [5.41, 5.74) is 1.67. The summed E-state index contributed by atoms with van der Waals surface area (Å²) in [5, 5.41) is 6.44. The average Bonchev–Trinajstić information content (AvgIpc) is 2.52. The zero-order valence-electron chi connectivity index (χ0n) is 10.9. The maximum absolute atomic E-state index is 3.22. The Kier molecular flexibility index (Phi) is 7.47. The van der Waals surface area contributed by atoms with E-state index in [-0.39, 0.29) is 0 Å². The number of nitrogens with zero attached hydrogens (tertiary/aromatic N) is 1. The molecule has 1 aliphatic heterocycles. The monoisotopic (exact) mass is 225 g/mol. The Labute approximate surface area is 100 Å². The Hall–Kier alpha value is -0.380. The quantitative estimate of drug-likeness (QED) is 0.504. The summed E-state index contributed by atoms with van der Waals surface area (Å²) in [5.74, 6) is 0. The van der Waals surface area contributed by atoms with Crippen LogP contribution in [-0.2, 0) is 0 Å². The van der Waals surface area contributed by atoms with Gasteiger partial charge in [0.1, 0.15) is 0 Å². The van der Waals surface area contributed by atoms with E-state index in [1.807, 2.05) is 14.1 Å². The fourth-order valence-corrected chi connectivity index (χ4v) is 2.18. The fourth-order valence-electron chi connectivity index (χ4n) is 2.18. The highest BCUT2D eigenvalue weighted by molar-refractivity contribution is 5.04. The molecule has 3 heteroatoms. The van der Waals surface area contributed by atoms with Gasteiger partial charge in [0.2, 0.25) is 0 Å². The Morgan fingerprint density at radius 1 is 1.19 bits per heavy atom. The second-order valence-electron chi connectivity index (χ2n) is 4.55. The van der Waals surface area contributed by atoms with Crippen molar-refractivity contribution >= 4 is 0 Å². The Morgan fingerprint density at radius 2 is 2.00 bits per heavy atom. The topological polar surface area (TPSA) is 27.3 Å². The van der Waals surface area contributed by atoms with E-state index in [4.69, 9.17) is 0 Å². The molecule has 0 aliphatic carbocycles. The first-order valence-corrected chi connectivity index (χ1v) is 6.56. The molecule has 0 aromatic carbocycles. The Bertz CT molecular complexity index is 201. The molecule has 1 heterocycles. The van der Waals surface area contributed by atoms with Crippen molar-refractivity contribution in [3.8, 4) is 0 Å². The lowest BCUT2D eigenvalue weighted by atomic mass is 10.1. The maximum Gasteiger partial charge on any atom is 0.0107 e. The highest BCUT2D eigenvalue weighted by atomic mass is 15.1.